The number of carbonyl (C=O) groups is 1. The van der Waals surface area contributed by atoms with Crippen LogP contribution in [0.5, 0.6) is 0 Å². The first-order chi connectivity index (χ1) is 9.88. The molecule has 2 unspecified atom stereocenters. The molecule has 0 aliphatic heterocycles. The minimum absolute atomic E-state index is 0.0251. The van der Waals surface area contributed by atoms with Crippen LogP contribution in [0.1, 0.15) is 41.6 Å². The molecule has 1 fully saturated rings. The fourth-order valence-electron chi connectivity index (χ4n) is 2.56. The Labute approximate surface area is 121 Å². The molecule has 1 aliphatic carbocycles. The van der Waals surface area contributed by atoms with Crippen molar-refractivity contribution in [2.75, 3.05) is 6.54 Å². The monoisotopic (exact) mass is 301 g/mol. The lowest BCUT2D eigenvalue weighted by molar-refractivity contribution is -0.137. The molecule has 116 valence electrons. The summed E-state index contributed by atoms with van der Waals surface area (Å²) in [6.07, 6.45) is -1.20. The highest BCUT2D eigenvalue weighted by molar-refractivity contribution is 5.94. The lowest BCUT2D eigenvalue weighted by Gasteiger charge is -2.27. The fourth-order valence-corrected chi connectivity index (χ4v) is 2.56. The Morgan fingerprint density at radius 1 is 1.19 bits per heavy atom. The molecule has 21 heavy (non-hydrogen) atoms. The third-order valence-corrected chi connectivity index (χ3v) is 3.87. The molecule has 1 amide bonds. The molecule has 1 aromatic rings. The number of halogens is 3. The van der Waals surface area contributed by atoms with Gasteiger partial charge in [0.15, 0.2) is 0 Å². The van der Waals surface area contributed by atoms with Crippen LogP contribution in [-0.2, 0) is 6.18 Å². The van der Waals surface area contributed by atoms with Gasteiger partial charge in [0.25, 0.3) is 5.91 Å². The third-order valence-electron chi connectivity index (χ3n) is 3.87. The van der Waals surface area contributed by atoms with Gasteiger partial charge in [-0.1, -0.05) is 12.8 Å². The molecule has 1 aliphatic rings. The first-order valence-electron chi connectivity index (χ1n) is 7.01. The number of hydrogen-bond donors (Lipinski definition) is 2. The molecule has 0 heterocycles. The first-order valence-corrected chi connectivity index (χ1v) is 7.01. The number of hydrogen-bond acceptors (Lipinski definition) is 2. The van der Waals surface area contributed by atoms with Crippen molar-refractivity contribution in [2.45, 2.75) is 38.0 Å². The highest BCUT2D eigenvalue weighted by Gasteiger charge is 2.30. The Kier molecular flexibility index (Phi) is 4.88. The van der Waals surface area contributed by atoms with Crippen molar-refractivity contribution < 1.29 is 23.1 Å². The molecular weight excluding hydrogens is 283 g/mol. The molecule has 0 radical (unpaired) electrons. The predicted octanol–water partition coefficient (Wildman–Crippen LogP) is 2.99. The Balaban J connectivity index is 1.91. The van der Waals surface area contributed by atoms with Gasteiger partial charge in [-0.2, -0.15) is 13.2 Å². The van der Waals surface area contributed by atoms with Gasteiger partial charge in [-0.05, 0) is 37.1 Å². The number of aliphatic hydroxyl groups is 1. The zero-order chi connectivity index (χ0) is 15.5. The second kappa shape index (κ2) is 6.47. The summed E-state index contributed by atoms with van der Waals surface area (Å²) in [5.74, 6) is -0.390. The molecule has 0 saturated heterocycles. The second-order valence-electron chi connectivity index (χ2n) is 5.40. The van der Waals surface area contributed by atoms with Crippen LogP contribution in [0, 0.1) is 5.92 Å². The van der Waals surface area contributed by atoms with E-state index in [1.807, 2.05) is 0 Å². The quantitative estimate of drug-likeness (QED) is 0.901. The number of alkyl halides is 3. The van der Waals surface area contributed by atoms with Gasteiger partial charge in [0.05, 0.1) is 11.7 Å². The summed E-state index contributed by atoms with van der Waals surface area (Å²) in [7, 11) is 0. The molecule has 2 rings (SSSR count). The summed E-state index contributed by atoms with van der Waals surface area (Å²) in [5.41, 5.74) is -0.588. The molecule has 1 saturated carbocycles. The molecule has 0 bridgehead atoms. The topological polar surface area (TPSA) is 49.3 Å². The van der Waals surface area contributed by atoms with Crippen molar-refractivity contribution in [2.24, 2.45) is 5.92 Å². The van der Waals surface area contributed by atoms with Crippen molar-refractivity contribution in [1.29, 1.82) is 0 Å². The van der Waals surface area contributed by atoms with Gasteiger partial charge < -0.3 is 10.4 Å². The number of aliphatic hydroxyl groups excluding tert-OH is 1. The van der Waals surface area contributed by atoms with Crippen molar-refractivity contribution in [1.82, 2.24) is 5.32 Å². The lowest BCUT2D eigenvalue weighted by Crippen LogP contribution is -2.36. The molecule has 2 atom stereocenters. The van der Waals surface area contributed by atoms with E-state index >= 15 is 0 Å². The minimum Gasteiger partial charge on any atom is -0.393 e. The Bertz CT molecular complexity index is 485. The number of nitrogens with one attached hydrogen (secondary N) is 1. The van der Waals surface area contributed by atoms with E-state index < -0.39 is 23.8 Å². The van der Waals surface area contributed by atoms with E-state index in [2.05, 4.69) is 5.32 Å². The molecule has 3 nitrogen and oxygen atoms in total. The number of carbonyl (C=O) groups excluding carboxylic acids is 1. The summed E-state index contributed by atoms with van der Waals surface area (Å²) < 4.78 is 37.3. The van der Waals surface area contributed by atoms with Gasteiger partial charge in [0.2, 0.25) is 0 Å². The predicted molar refractivity (Wildman–Crippen MR) is 71.7 cm³/mol. The molecular formula is C15H18F3NO2. The number of benzene rings is 1. The van der Waals surface area contributed by atoms with Crippen LogP contribution in [0.25, 0.3) is 0 Å². The molecule has 6 heteroatoms. The zero-order valence-corrected chi connectivity index (χ0v) is 11.5. The fraction of sp³-hybridized carbons (Fsp3) is 0.533. The van der Waals surface area contributed by atoms with Gasteiger partial charge in [-0.3, -0.25) is 4.79 Å². The van der Waals surface area contributed by atoms with Crippen molar-refractivity contribution >= 4 is 5.91 Å². The average molecular weight is 301 g/mol. The molecule has 0 spiro atoms. The summed E-state index contributed by atoms with van der Waals surface area (Å²) in [4.78, 5) is 11.9. The molecule has 1 aromatic carbocycles. The highest BCUT2D eigenvalue weighted by Crippen LogP contribution is 2.29. The Morgan fingerprint density at radius 3 is 2.38 bits per heavy atom. The van der Waals surface area contributed by atoms with Crippen molar-refractivity contribution in [3.05, 3.63) is 35.4 Å². The van der Waals surface area contributed by atoms with Crippen molar-refractivity contribution in [3.63, 3.8) is 0 Å². The van der Waals surface area contributed by atoms with Crippen LogP contribution in [0.15, 0.2) is 24.3 Å². The highest BCUT2D eigenvalue weighted by atomic mass is 19.4. The van der Waals surface area contributed by atoms with Gasteiger partial charge in [0.1, 0.15) is 0 Å². The third kappa shape index (κ3) is 4.20. The Morgan fingerprint density at radius 2 is 1.81 bits per heavy atom. The van der Waals surface area contributed by atoms with Crippen LogP contribution in [-0.4, -0.2) is 23.7 Å². The van der Waals surface area contributed by atoms with E-state index in [-0.39, 0.29) is 11.5 Å². The average Bonchev–Trinajstić information content (AvgIpc) is 2.45. The maximum Gasteiger partial charge on any atom is 0.416 e. The number of amides is 1. The standard InChI is InChI=1S/C15H18F3NO2/c16-15(17,18)12-7-5-10(6-8-12)14(21)19-9-11-3-1-2-4-13(11)20/h5-8,11,13,20H,1-4,9H2,(H,19,21). The van der Waals surface area contributed by atoms with Gasteiger partial charge >= 0.3 is 6.18 Å². The zero-order valence-electron chi connectivity index (χ0n) is 11.5. The lowest BCUT2D eigenvalue weighted by atomic mass is 9.86. The van der Waals surface area contributed by atoms with Gasteiger partial charge in [-0.15, -0.1) is 0 Å². The van der Waals surface area contributed by atoms with E-state index in [1.165, 1.54) is 0 Å². The smallest absolute Gasteiger partial charge is 0.393 e. The van der Waals surface area contributed by atoms with E-state index in [9.17, 15) is 23.1 Å². The minimum atomic E-state index is -4.40. The largest absolute Gasteiger partial charge is 0.416 e. The SMILES string of the molecule is O=C(NCC1CCCCC1O)c1ccc(C(F)(F)F)cc1. The maximum absolute atomic E-state index is 12.4. The summed E-state index contributed by atoms with van der Waals surface area (Å²) in [6, 6.07) is 4.11. The summed E-state index contributed by atoms with van der Waals surface area (Å²) >= 11 is 0. The number of rotatable bonds is 3. The van der Waals surface area contributed by atoms with E-state index in [0.29, 0.717) is 6.54 Å². The van der Waals surface area contributed by atoms with Crippen LogP contribution in [0.3, 0.4) is 0 Å². The second-order valence-corrected chi connectivity index (χ2v) is 5.40. The van der Waals surface area contributed by atoms with E-state index in [0.717, 1.165) is 49.9 Å². The van der Waals surface area contributed by atoms with E-state index in [1.54, 1.807) is 0 Å². The molecule has 2 N–H and O–H groups in total. The molecule has 0 aromatic heterocycles. The first kappa shape index (κ1) is 15.8. The van der Waals surface area contributed by atoms with E-state index in [4.69, 9.17) is 0 Å². The normalized spacial score (nSPS) is 22.9. The van der Waals surface area contributed by atoms with Crippen LogP contribution in [0.4, 0.5) is 13.2 Å². The van der Waals surface area contributed by atoms with Crippen LogP contribution < -0.4 is 5.32 Å². The van der Waals surface area contributed by atoms with Crippen LogP contribution >= 0.6 is 0 Å². The Hall–Kier alpha value is -1.56. The maximum atomic E-state index is 12.4. The van der Waals surface area contributed by atoms with Gasteiger partial charge in [-0.25, -0.2) is 0 Å². The van der Waals surface area contributed by atoms with Crippen molar-refractivity contribution in [3.8, 4) is 0 Å². The van der Waals surface area contributed by atoms with Crippen LogP contribution in [0.2, 0.25) is 0 Å². The van der Waals surface area contributed by atoms with Gasteiger partial charge in [0, 0.05) is 18.0 Å². The summed E-state index contributed by atoms with van der Waals surface area (Å²) in [6.45, 7) is 0.348. The summed E-state index contributed by atoms with van der Waals surface area (Å²) in [5, 5.41) is 12.5.